The summed E-state index contributed by atoms with van der Waals surface area (Å²) >= 11 is 0. The normalized spacial score (nSPS) is 16.5. The number of unbranched alkanes of at least 4 members (excludes halogenated alkanes) is 1. The molecule has 1 fully saturated rings. The number of H-pyrrole nitrogens is 1. The van der Waals surface area contributed by atoms with Crippen LogP contribution in [-0.4, -0.2) is 66.0 Å². The second-order valence-corrected chi connectivity index (χ2v) is 11.8. The predicted molar refractivity (Wildman–Crippen MR) is 155 cm³/mol. The second kappa shape index (κ2) is 12.8. The van der Waals surface area contributed by atoms with Crippen LogP contribution in [0.25, 0.3) is 0 Å². The highest BCUT2D eigenvalue weighted by atomic mass is 19.1. The summed E-state index contributed by atoms with van der Waals surface area (Å²) in [6, 6.07) is 8.26. The number of carbonyl (C=O) groups is 2. The van der Waals surface area contributed by atoms with Crippen molar-refractivity contribution < 1.29 is 23.9 Å². The molecule has 4 rings (SSSR count). The first-order valence-corrected chi connectivity index (χ1v) is 14.0. The maximum absolute atomic E-state index is 14.4. The number of piperidine rings is 1. The van der Waals surface area contributed by atoms with E-state index in [0.717, 1.165) is 19.0 Å². The van der Waals surface area contributed by atoms with E-state index in [4.69, 9.17) is 4.74 Å². The standard InChI is InChI=1S/C29H39FN8O4/c1-6-7-12-42-24(39)14-20-13-23(37-36-20)34-25-22(30)17-31-27(35-25)33-19-10-8-18(9-11-19)26(40)32-21-15-28(2,3)38(41)29(4,5)16-21/h8-11,13,17,21,41H,6-7,12,14-16H2,1-5H3,(H,32,40)(H3,31,33,34,35,36,37). The van der Waals surface area contributed by atoms with Crippen molar-refractivity contribution in [2.75, 3.05) is 17.2 Å². The Morgan fingerprint density at radius 1 is 1.14 bits per heavy atom. The van der Waals surface area contributed by atoms with Gasteiger partial charge in [0, 0.05) is 40.1 Å². The zero-order chi connectivity index (χ0) is 30.5. The first-order valence-electron chi connectivity index (χ1n) is 14.0. The molecule has 13 heteroatoms. The Labute approximate surface area is 244 Å². The topological polar surface area (TPSA) is 157 Å². The molecule has 1 amide bonds. The van der Waals surface area contributed by atoms with Gasteiger partial charge in [0.1, 0.15) is 0 Å². The van der Waals surface area contributed by atoms with Gasteiger partial charge in [0.15, 0.2) is 17.5 Å². The van der Waals surface area contributed by atoms with Crippen molar-refractivity contribution in [2.45, 2.75) is 83.8 Å². The molecule has 0 spiro atoms. The Hall–Kier alpha value is -4.10. The molecule has 1 aliphatic heterocycles. The van der Waals surface area contributed by atoms with E-state index in [1.54, 1.807) is 30.3 Å². The van der Waals surface area contributed by atoms with Gasteiger partial charge in [-0.05, 0) is 71.2 Å². The average molecular weight is 583 g/mol. The number of rotatable bonds is 11. The Kier molecular flexibility index (Phi) is 9.42. The van der Waals surface area contributed by atoms with Gasteiger partial charge in [0.25, 0.3) is 5.91 Å². The van der Waals surface area contributed by atoms with E-state index in [1.807, 2.05) is 34.6 Å². The molecule has 0 unspecified atom stereocenters. The summed E-state index contributed by atoms with van der Waals surface area (Å²) < 4.78 is 19.6. The molecule has 0 saturated carbocycles. The summed E-state index contributed by atoms with van der Waals surface area (Å²) in [5.74, 6) is -0.960. The maximum atomic E-state index is 14.4. The monoisotopic (exact) mass is 582 g/mol. The molecule has 3 heterocycles. The van der Waals surface area contributed by atoms with E-state index in [0.29, 0.717) is 36.4 Å². The lowest BCUT2D eigenvalue weighted by Gasteiger charge is -2.51. The van der Waals surface area contributed by atoms with Crippen molar-refractivity contribution in [3.8, 4) is 0 Å². The second-order valence-electron chi connectivity index (χ2n) is 11.8. The zero-order valence-electron chi connectivity index (χ0n) is 24.6. The predicted octanol–water partition coefficient (Wildman–Crippen LogP) is 4.85. The molecular weight excluding hydrogens is 543 g/mol. The average Bonchev–Trinajstić information content (AvgIpc) is 3.35. The van der Waals surface area contributed by atoms with Crippen LogP contribution in [0.15, 0.2) is 36.5 Å². The third-order valence-corrected chi connectivity index (χ3v) is 7.09. The molecule has 3 aromatic rings. The van der Waals surface area contributed by atoms with Gasteiger partial charge in [-0.15, -0.1) is 0 Å². The fraction of sp³-hybridized carbons (Fsp3) is 0.483. The summed E-state index contributed by atoms with van der Waals surface area (Å²) in [4.78, 5) is 33.1. The van der Waals surface area contributed by atoms with Crippen LogP contribution in [0.3, 0.4) is 0 Å². The fourth-order valence-corrected chi connectivity index (χ4v) is 5.16. The lowest BCUT2D eigenvalue weighted by molar-refractivity contribution is -0.245. The molecule has 42 heavy (non-hydrogen) atoms. The minimum Gasteiger partial charge on any atom is -0.465 e. The molecule has 2 aromatic heterocycles. The number of nitrogens with zero attached hydrogens (tertiary/aromatic N) is 4. The van der Waals surface area contributed by atoms with Crippen molar-refractivity contribution in [1.82, 2.24) is 30.5 Å². The molecule has 0 aliphatic carbocycles. The van der Waals surface area contributed by atoms with E-state index >= 15 is 0 Å². The summed E-state index contributed by atoms with van der Waals surface area (Å²) in [6.45, 7) is 10.2. The summed E-state index contributed by atoms with van der Waals surface area (Å²) in [6.07, 6.45) is 4.00. The van der Waals surface area contributed by atoms with Crippen LogP contribution >= 0.6 is 0 Å². The quantitative estimate of drug-likeness (QED) is 0.156. The number of ether oxygens (including phenoxy) is 1. The van der Waals surface area contributed by atoms with Crippen molar-refractivity contribution in [3.05, 3.63) is 53.6 Å². The Balaban J connectivity index is 1.34. The smallest absolute Gasteiger partial charge is 0.311 e. The number of hydroxylamine groups is 2. The minimum absolute atomic E-state index is 0.0172. The number of hydrogen-bond donors (Lipinski definition) is 5. The maximum Gasteiger partial charge on any atom is 0.311 e. The molecule has 12 nitrogen and oxygen atoms in total. The van der Waals surface area contributed by atoms with Crippen molar-refractivity contribution in [3.63, 3.8) is 0 Å². The molecule has 5 N–H and O–H groups in total. The van der Waals surface area contributed by atoms with Gasteiger partial charge < -0.3 is 25.9 Å². The van der Waals surface area contributed by atoms with E-state index in [-0.39, 0.29) is 41.9 Å². The van der Waals surface area contributed by atoms with Crippen LogP contribution in [0.2, 0.25) is 0 Å². The number of esters is 1. The first kappa shape index (κ1) is 30.8. The fourth-order valence-electron chi connectivity index (χ4n) is 5.16. The molecule has 0 atom stereocenters. The summed E-state index contributed by atoms with van der Waals surface area (Å²) in [5, 5.41) is 27.6. The van der Waals surface area contributed by atoms with Gasteiger partial charge in [-0.25, -0.2) is 9.37 Å². The molecule has 0 bridgehead atoms. The van der Waals surface area contributed by atoms with Crippen LogP contribution in [-0.2, 0) is 16.0 Å². The molecular formula is C29H39FN8O4. The SMILES string of the molecule is CCCCOC(=O)Cc1cc(Nc2nc(Nc3ccc(C(=O)NC4CC(C)(C)N(O)C(C)(C)C4)cc3)ncc2F)n[nH]1. The van der Waals surface area contributed by atoms with Gasteiger partial charge in [-0.2, -0.15) is 15.1 Å². The number of aromatic nitrogens is 4. The first-order chi connectivity index (χ1) is 19.9. The van der Waals surface area contributed by atoms with Crippen LogP contribution in [0.5, 0.6) is 0 Å². The number of benzene rings is 1. The number of amides is 1. The van der Waals surface area contributed by atoms with E-state index in [1.165, 1.54) is 5.06 Å². The number of halogens is 1. The van der Waals surface area contributed by atoms with Crippen molar-refractivity contribution in [2.24, 2.45) is 0 Å². The molecule has 1 saturated heterocycles. The largest absolute Gasteiger partial charge is 0.465 e. The minimum atomic E-state index is -0.686. The lowest BCUT2D eigenvalue weighted by atomic mass is 9.79. The van der Waals surface area contributed by atoms with Gasteiger partial charge >= 0.3 is 5.97 Å². The molecule has 1 aliphatic rings. The third kappa shape index (κ3) is 7.79. The van der Waals surface area contributed by atoms with Crippen LogP contribution in [0, 0.1) is 5.82 Å². The van der Waals surface area contributed by atoms with Gasteiger partial charge in [0.05, 0.1) is 19.2 Å². The molecule has 1 aromatic carbocycles. The van der Waals surface area contributed by atoms with Gasteiger partial charge in [-0.3, -0.25) is 14.7 Å². The van der Waals surface area contributed by atoms with E-state index in [9.17, 15) is 19.2 Å². The van der Waals surface area contributed by atoms with Crippen LogP contribution in [0.1, 0.15) is 76.4 Å². The van der Waals surface area contributed by atoms with Gasteiger partial charge in [-0.1, -0.05) is 13.3 Å². The third-order valence-electron chi connectivity index (χ3n) is 7.09. The highest BCUT2D eigenvalue weighted by Crippen LogP contribution is 2.36. The highest BCUT2D eigenvalue weighted by molar-refractivity contribution is 5.94. The van der Waals surface area contributed by atoms with E-state index in [2.05, 4.69) is 36.1 Å². The number of nitrogens with one attached hydrogen (secondary N) is 4. The lowest BCUT2D eigenvalue weighted by Crippen LogP contribution is -2.62. The van der Waals surface area contributed by atoms with Crippen molar-refractivity contribution in [1.29, 1.82) is 0 Å². The molecule has 0 radical (unpaired) electrons. The molecule has 226 valence electrons. The summed E-state index contributed by atoms with van der Waals surface area (Å²) in [7, 11) is 0. The van der Waals surface area contributed by atoms with E-state index < -0.39 is 16.9 Å². The van der Waals surface area contributed by atoms with Gasteiger partial charge in [0.2, 0.25) is 5.95 Å². The number of anilines is 4. The zero-order valence-corrected chi connectivity index (χ0v) is 24.6. The number of aromatic amines is 1. The number of carbonyl (C=O) groups excluding carboxylic acids is 2. The number of hydrogen-bond acceptors (Lipinski definition) is 10. The highest BCUT2D eigenvalue weighted by Gasteiger charge is 2.45. The Morgan fingerprint density at radius 2 is 1.83 bits per heavy atom. The van der Waals surface area contributed by atoms with Crippen LogP contribution in [0.4, 0.5) is 27.7 Å². The van der Waals surface area contributed by atoms with Crippen molar-refractivity contribution >= 4 is 35.1 Å². The Bertz CT molecular complexity index is 1370. The summed E-state index contributed by atoms with van der Waals surface area (Å²) in [5.41, 5.74) is 0.648. The van der Waals surface area contributed by atoms with Crippen LogP contribution < -0.4 is 16.0 Å². The Morgan fingerprint density at radius 3 is 2.50 bits per heavy atom.